The van der Waals surface area contributed by atoms with Gasteiger partial charge in [-0.25, -0.2) is 8.78 Å². The van der Waals surface area contributed by atoms with E-state index in [-0.39, 0.29) is 29.4 Å². The van der Waals surface area contributed by atoms with Crippen molar-refractivity contribution >= 4 is 50.1 Å². The van der Waals surface area contributed by atoms with Gasteiger partial charge in [0, 0.05) is 0 Å². The van der Waals surface area contributed by atoms with Crippen molar-refractivity contribution in [2.75, 3.05) is 0 Å². The van der Waals surface area contributed by atoms with Gasteiger partial charge in [0.25, 0.3) is 0 Å². The number of halogens is 3. The molecule has 1 heterocycles. The van der Waals surface area contributed by atoms with Gasteiger partial charge in [0.15, 0.2) is 0 Å². The van der Waals surface area contributed by atoms with Crippen LogP contribution in [0.1, 0.15) is 16.7 Å². The van der Waals surface area contributed by atoms with Crippen molar-refractivity contribution in [2.45, 2.75) is 24.8 Å². The van der Waals surface area contributed by atoms with E-state index in [1.165, 1.54) is 36.0 Å². The molecule has 1 amide bonds. The Bertz CT molecular complexity index is 1160. The lowest BCUT2D eigenvalue weighted by molar-refractivity contribution is -0.126. The Balaban J connectivity index is 1.38. The van der Waals surface area contributed by atoms with E-state index >= 15 is 0 Å². The van der Waals surface area contributed by atoms with E-state index in [4.69, 9.17) is 17.0 Å². The molecule has 3 nitrogen and oxygen atoms in total. The maximum atomic E-state index is 13.3. The number of hydrogen-bond acceptors (Lipinski definition) is 4. The van der Waals surface area contributed by atoms with Crippen LogP contribution in [0.2, 0.25) is 0 Å². The number of thioether (sulfide) groups is 1. The van der Waals surface area contributed by atoms with Crippen LogP contribution in [0.4, 0.5) is 8.78 Å². The summed E-state index contributed by atoms with van der Waals surface area (Å²) in [5.74, 6) is -0.0281. The van der Waals surface area contributed by atoms with Crippen LogP contribution in [0.3, 0.4) is 0 Å². The van der Waals surface area contributed by atoms with Crippen molar-refractivity contribution in [3.05, 3.63) is 99.5 Å². The summed E-state index contributed by atoms with van der Waals surface area (Å²) in [6.45, 7) is 0.581. The molecule has 1 aliphatic heterocycles. The Hall–Kier alpha value is -2.29. The van der Waals surface area contributed by atoms with Crippen molar-refractivity contribution in [3.8, 4) is 5.75 Å². The third-order valence-electron chi connectivity index (χ3n) is 4.96. The summed E-state index contributed by atoms with van der Waals surface area (Å²) in [5, 5.41) is -0.311. The fourth-order valence-electron chi connectivity index (χ4n) is 3.33. The monoisotopic (exact) mass is 533 g/mol. The van der Waals surface area contributed by atoms with E-state index in [1.54, 1.807) is 29.2 Å². The van der Waals surface area contributed by atoms with Gasteiger partial charge in [0.2, 0.25) is 5.91 Å². The van der Waals surface area contributed by atoms with E-state index in [1.807, 2.05) is 18.2 Å². The maximum Gasteiger partial charge on any atom is 0.242 e. The van der Waals surface area contributed by atoms with Crippen LogP contribution in [0, 0.1) is 11.6 Å². The van der Waals surface area contributed by atoms with Crippen molar-refractivity contribution in [2.24, 2.45) is 0 Å². The standard InChI is InChI=1S/C24H18BrF2NO2S2/c25-20-11-16(6-9-21(20)30-14-17-2-1-3-19(27)10-17)12-22-23(29)28(24(31)32-22)13-15-4-7-18(26)8-5-15/h1-11,22H,12-14H2/t22-/m0/s1. The highest BCUT2D eigenvalue weighted by Gasteiger charge is 2.36. The van der Waals surface area contributed by atoms with Crippen molar-refractivity contribution < 1.29 is 18.3 Å². The average Bonchev–Trinajstić information content (AvgIpc) is 3.02. The van der Waals surface area contributed by atoms with Crippen molar-refractivity contribution in [3.63, 3.8) is 0 Å². The highest BCUT2D eigenvalue weighted by molar-refractivity contribution is 9.10. The molecule has 0 radical (unpaired) electrons. The highest BCUT2D eigenvalue weighted by atomic mass is 79.9. The molecule has 0 unspecified atom stereocenters. The van der Waals surface area contributed by atoms with Gasteiger partial charge in [-0.3, -0.25) is 9.69 Å². The van der Waals surface area contributed by atoms with Crippen LogP contribution < -0.4 is 4.74 Å². The molecule has 0 bridgehead atoms. The van der Waals surface area contributed by atoms with Crippen LogP contribution in [0.25, 0.3) is 0 Å². The van der Waals surface area contributed by atoms with Crippen LogP contribution in [0.5, 0.6) is 5.75 Å². The number of thiocarbonyl (C=S) groups is 1. The van der Waals surface area contributed by atoms with Gasteiger partial charge in [0.1, 0.15) is 28.3 Å². The number of carbonyl (C=O) groups is 1. The first-order chi connectivity index (χ1) is 15.4. The van der Waals surface area contributed by atoms with E-state index in [9.17, 15) is 13.6 Å². The fraction of sp³-hybridized carbons (Fsp3) is 0.167. The molecule has 1 atom stereocenters. The molecule has 0 N–H and O–H groups in total. The molecule has 164 valence electrons. The summed E-state index contributed by atoms with van der Waals surface area (Å²) in [6.07, 6.45) is 0.520. The van der Waals surface area contributed by atoms with Crippen molar-refractivity contribution in [1.82, 2.24) is 4.90 Å². The van der Waals surface area contributed by atoms with E-state index < -0.39 is 0 Å². The number of nitrogens with zero attached hydrogens (tertiary/aromatic N) is 1. The smallest absolute Gasteiger partial charge is 0.242 e. The molecular weight excluding hydrogens is 516 g/mol. The molecule has 0 saturated carbocycles. The molecule has 1 saturated heterocycles. The van der Waals surface area contributed by atoms with Gasteiger partial charge in [-0.1, -0.05) is 54.3 Å². The molecule has 3 aromatic carbocycles. The molecule has 0 aromatic heterocycles. The lowest BCUT2D eigenvalue weighted by atomic mass is 10.1. The highest BCUT2D eigenvalue weighted by Crippen LogP contribution is 2.33. The zero-order chi connectivity index (χ0) is 22.7. The minimum atomic E-state index is -0.315. The summed E-state index contributed by atoms with van der Waals surface area (Å²) < 4.78 is 33.5. The Morgan fingerprint density at radius 3 is 2.44 bits per heavy atom. The molecule has 0 aliphatic carbocycles. The van der Waals surface area contributed by atoms with Gasteiger partial charge in [-0.05, 0) is 75.4 Å². The lowest BCUT2D eigenvalue weighted by Crippen LogP contribution is -2.31. The number of amides is 1. The SMILES string of the molecule is O=C1[C@H](Cc2ccc(OCc3cccc(F)c3)c(Br)c2)SC(=S)N1Cc1ccc(F)cc1. The molecule has 32 heavy (non-hydrogen) atoms. The van der Waals surface area contributed by atoms with Gasteiger partial charge >= 0.3 is 0 Å². The van der Waals surface area contributed by atoms with Crippen molar-refractivity contribution in [1.29, 1.82) is 0 Å². The summed E-state index contributed by atoms with van der Waals surface area (Å²) in [6, 6.07) is 18.0. The third kappa shape index (κ3) is 5.54. The van der Waals surface area contributed by atoms with Gasteiger partial charge < -0.3 is 4.74 Å². The second-order valence-electron chi connectivity index (χ2n) is 7.31. The first kappa shape index (κ1) is 22.9. The summed E-state index contributed by atoms with van der Waals surface area (Å²) >= 11 is 10.3. The minimum Gasteiger partial charge on any atom is -0.488 e. The normalized spacial score (nSPS) is 16.0. The van der Waals surface area contributed by atoms with Crippen LogP contribution in [0.15, 0.2) is 71.2 Å². The third-order valence-corrected chi connectivity index (χ3v) is 7.16. The summed E-state index contributed by atoms with van der Waals surface area (Å²) in [7, 11) is 0. The Morgan fingerprint density at radius 2 is 1.72 bits per heavy atom. The van der Waals surface area contributed by atoms with E-state index in [2.05, 4.69) is 15.9 Å². The predicted molar refractivity (Wildman–Crippen MR) is 130 cm³/mol. The number of rotatable bonds is 7. The molecule has 0 spiro atoms. The van der Waals surface area contributed by atoms with Crippen LogP contribution in [-0.4, -0.2) is 20.4 Å². The first-order valence-corrected chi connectivity index (χ1v) is 11.9. The summed E-state index contributed by atoms with van der Waals surface area (Å²) in [4.78, 5) is 14.5. The second-order valence-corrected chi connectivity index (χ2v) is 10.0. The largest absolute Gasteiger partial charge is 0.488 e. The molecule has 8 heteroatoms. The molecular formula is C24H18BrF2NO2S2. The van der Waals surface area contributed by atoms with Gasteiger partial charge in [0.05, 0.1) is 16.3 Å². The second kappa shape index (κ2) is 10.1. The van der Waals surface area contributed by atoms with Crippen LogP contribution in [-0.2, 0) is 24.4 Å². The average molecular weight is 534 g/mol. The Kier molecular flexibility index (Phi) is 7.23. The Morgan fingerprint density at radius 1 is 0.969 bits per heavy atom. The predicted octanol–water partition coefficient (Wildman–Crippen LogP) is 6.28. The maximum absolute atomic E-state index is 13.3. The molecule has 1 fully saturated rings. The molecule has 1 aliphatic rings. The number of benzene rings is 3. The zero-order valence-electron chi connectivity index (χ0n) is 16.8. The Labute approximate surface area is 202 Å². The zero-order valence-corrected chi connectivity index (χ0v) is 20.0. The van der Waals surface area contributed by atoms with Gasteiger partial charge in [-0.2, -0.15) is 0 Å². The molecule has 4 rings (SSSR count). The first-order valence-electron chi connectivity index (χ1n) is 9.81. The lowest BCUT2D eigenvalue weighted by Gasteiger charge is -2.16. The minimum absolute atomic E-state index is 0.0492. The van der Waals surface area contributed by atoms with Gasteiger partial charge in [-0.15, -0.1) is 0 Å². The summed E-state index contributed by atoms with van der Waals surface area (Å²) in [5.41, 5.74) is 2.53. The van der Waals surface area contributed by atoms with E-state index in [0.29, 0.717) is 23.0 Å². The van der Waals surface area contributed by atoms with Crippen LogP contribution >= 0.6 is 39.9 Å². The fourth-order valence-corrected chi connectivity index (χ4v) is 5.41. The number of ether oxygens (including phenoxy) is 1. The quantitative estimate of drug-likeness (QED) is 0.334. The van der Waals surface area contributed by atoms with E-state index in [0.717, 1.165) is 21.2 Å². The topological polar surface area (TPSA) is 29.5 Å². The number of carbonyl (C=O) groups excluding carboxylic acids is 1. The molecule has 3 aromatic rings. The number of hydrogen-bond donors (Lipinski definition) is 0.